The fourth-order valence-electron chi connectivity index (χ4n) is 1.39. The van der Waals surface area contributed by atoms with Crippen LogP contribution < -0.4 is 15.6 Å². The van der Waals surface area contributed by atoms with Gasteiger partial charge in [-0.15, -0.1) is 11.3 Å². The van der Waals surface area contributed by atoms with Crippen LogP contribution in [0.2, 0.25) is 0 Å². The Bertz CT molecular complexity index is 823. The summed E-state index contributed by atoms with van der Waals surface area (Å²) in [4.78, 5) is -0.0965. The largest absolute Gasteiger partial charge is 0.398 e. The molecule has 1 aromatic carbocycles. The molecule has 0 saturated heterocycles. The molecular weight excluding hydrogens is 322 g/mol. The van der Waals surface area contributed by atoms with Gasteiger partial charge in [0.25, 0.3) is 10.0 Å². The fraction of sp³-hybridized carbons (Fsp3) is 0. The topological polar surface area (TPSA) is 132 Å². The van der Waals surface area contributed by atoms with Crippen molar-refractivity contribution in [1.29, 1.82) is 0 Å². The maximum absolute atomic E-state index is 12.0. The second-order valence-corrected chi connectivity index (χ2v) is 8.26. The van der Waals surface area contributed by atoms with Crippen LogP contribution in [0.1, 0.15) is 0 Å². The molecule has 0 spiro atoms. The lowest BCUT2D eigenvalue weighted by Crippen LogP contribution is -2.13. The molecule has 0 unspecified atom stereocenters. The summed E-state index contributed by atoms with van der Waals surface area (Å²) >= 11 is 0.992. The van der Waals surface area contributed by atoms with Gasteiger partial charge in [-0.05, 0) is 30.3 Å². The van der Waals surface area contributed by atoms with Crippen LogP contribution in [0.3, 0.4) is 0 Å². The maximum Gasteiger partial charge on any atom is 0.271 e. The summed E-state index contributed by atoms with van der Waals surface area (Å²) in [5.41, 5.74) is 6.06. The molecule has 0 aliphatic heterocycles. The maximum atomic E-state index is 12.0. The van der Waals surface area contributed by atoms with Gasteiger partial charge in [-0.25, -0.2) is 22.0 Å². The molecule has 0 saturated carbocycles. The number of hydrogen-bond acceptors (Lipinski definition) is 6. The van der Waals surface area contributed by atoms with Crippen molar-refractivity contribution in [3.05, 3.63) is 35.7 Å². The summed E-state index contributed by atoms with van der Waals surface area (Å²) in [6.45, 7) is 0. The van der Waals surface area contributed by atoms with E-state index >= 15 is 0 Å². The first-order valence-electron chi connectivity index (χ1n) is 5.18. The van der Waals surface area contributed by atoms with E-state index in [0.717, 1.165) is 11.3 Å². The van der Waals surface area contributed by atoms with Gasteiger partial charge < -0.3 is 5.73 Å². The Morgan fingerprint density at radius 3 is 2.10 bits per heavy atom. The number of hydrogen-bond donors (Lipinski definition) is 3. The number of nitrogens with one attached hydrogen (secondary N) is 1. The monoisotopic (exact) mass is 333 g/mol. The first-order valence-corrected chi connectivity index (χ1v) is 9.09. The van der Waals surface area contributed by atoms with Crippen molar-refractivity contribution in [2.24, 2.45) is 5.14 Å². The Hall–Kier alpha value is -1.62. The molecule has 0 aliphatic carbocycles. The van der Waals surface area contributed by atoms with E-state index in [-0.39, 0.29) is 14.8 Å². The third kappa shape index (κ3) is 3.28. The zero-order valence-corrected chi connectivity index (χ0v) is 12.4. The van der Waals surface area contributed by atoms with Crippen LogP contribution in [0.25, 0.3) is 0 Å². The Kier molecular flexibility index (Phi) is 3.73. The summed E-state index contributed by atoms with van der Waals surface area (Å²) in [6, 6.07) is 6.40. The first-order chi connectivity index (χ1) is 9.18. The minimum atomic E-state index is -3.80. The van der Waals surface area contributed by atoms with Crippen LogP contribution in [0.5, 0.6) is 0 Å². The third-order valence-electron chi connectivity index (χ3n) is 2.30. The van der Waals surface area contributed by atoms with Crippen molar-refractivity contribution >= 4 is 42.8 Å². The molecule has 0 bridgehead atoms. The first kappa shape index (κ1) is 14.8. The van der Waals surface area contributed by atoms with E-state index in [1.165, 1.54) is 35.7 Å². The van der Waals surface area contributed by atoms with E-state index < -0.39 is 20.0 Å². The van der Waals surface area contributed by atoms with Crippen LogP contribution in [0, 0.1) is 0 Å². The molecule has 0 aliphatic rings. The Labute approximate surface area is 120 Å². The summed E-state index contributed by atoms with van der Waals surface area (Å²) in [7, 11) is -7.54. The van der Waals surface area contributed by atoms with Crippen molar-refractivity contribution in [1.82, 2.24) is 0 Å². The van der Waals surface area contributed by atoms with Gasteiger partial charge in [0, 0.05) is 16.8 Å². The highest BCUT2D eigenvalue weighted by molar-refractivity contribution is 7.94. The molecule has 108 valence electrons. The second kappa shape index (κ2) is 5.05. The van der Waals surface area contributed by atoms with Gasteiger partial charge in [-0.2, -0.15) is 0 Å². The lowest BCUT2D eigenvalue weighted by atomic mass is 10.3. The smallest absolute Gasteiger partial charge is 0.271 e. The number of nitrogens with two attached hydrogens (primary N) is 2. The van der Waals surface area contributed by atoms with Crippen LogP contribution in [0.15, 0.2) is 44.8 Å². The van der Waals surface area contributed by atoms with E-state index in [1.54, 1.807) is 0 Å². The van der Waals surface area contributed by atoms with Crippen LogP contribution in [-0.2, 0) is 20.0 Å². The average Bonchev–Trinajstić information content (AvgIpc) is 2.76. The van der Waals surface area contributed by atoms with Crippen molar-refractivity contribution in [2.45, 2.75) is 9.10 Å². The van der Waals surface area contributed by atoms with Gasteiger partial charge in [0.15, 0.2) is 0 Å². The highest BCUT2D eigenvalue weighted by Crippen LogP contribution is 2.24. The van der Waals surface area contributed by atoms with Crippen LogP contribution >= 0.6 is 11.3 Å². The van der Waals surface area contributed by atoms with E-state index in [9.17, 15) is 16.8 Å². The third-order valence-corrected chi connectivity index (χ3v) is 6.06. The van der Waals surface area contributed by atoms with Gasteiger partial charge in [-0.3, -0.25) is 4.72 Å². The van der Waals surface area contributed by atoms with Crippen LogP contribution in [0.4, 0.5) is 11.4 Å². The Morgan fingerprint density at radius 1 is 1.05 bits per heavy atom. The van der Waals surface area contributed by atoms with Gasteiger partial charge in [0.2, 0.25) is 10.0 Å². The normalized spacial score (nSPS) is 12.2. The summed E-state index contributed by atoms with van der Waals surface area (Å²) in [5.74, 6) is 0. The molecule has 7 nitrogen and oxygen atoms in total. The van der Waals surface area contributed by atoms with E-state index in [1.807, 2.05) is 0 Å². The fourth-order valence-corrected chi connectivity index (χ4v) is 4.04. The van der Waals surface area contributed by atoms with E-state index in [0.29, 0.717) is 5.69 Å². The number of anilines is 2. The molecule has 0 amide bonds. The SMILES string of the molecule is Nc1csc(S(=O)(=O)Nc2ccc(S(N)(=O)=O)cc2)c1. The molecule has 1 heterocycles. The van der Waals surface area contributed by atoms with E-state index in [4.69, 9.17) is 10.9 Å². The van der Waals surface area contributed by atoms with Crippen molar-refractivity contribution in [2.75, 3.05) is 10.5 Å². The standard InChI is InChI=1S/C10H11N3O4S3/c11-7-5-10(18-6-7)20(16,17)13-8-1-3-9(4-2-8)19(12,14)15/h1-6,13H,11H2,(H2,12,14,15). The minimum absolute atomic E-state index is 0.0746. The predicted octanol–water partition coefficient (Wildman–Crippen LogP) is 0.778. The molecule has 20 heavy (non-hydrogen) atoms. The number of sulfonamides is 2. The van der Waals surface area contributed by atoms with Crippen molar-refractivity contribution < 1.29 is 16.8 Å². The second-order valence-electron chi connectivity index (χ2n) is 3.87. The number of nitrogen functional groups attached to an aromatic ring is 1. The molecular formula is C10H11N3O4S3. The average molecular weight is 333 g/mol. The Morgan fingerprint density at radius 2 is 1.65 bits per heavy atom. The molecule has 1 aromatic heterocycles. The lowest BCUT2D eigenvalue weighted by molar-refractivity contribution is 0.597. The Balaban J connectivity index is 2.26. The summed E-state index contributed by atoms with van der Waals surface area (Å²) in [6.07, 6.45) is 0. The minimum Gasteiger partial charge on any atom is -0.398 e. The number of benzene rings is 1. The summed E-state index contributed by atoms with van der Waals surface area (Å²) in [5, 5.41) is 6.46. The number of rotatable bonds is 4. The van der Waals surface area contributed by atoms with Crippen molar-refractivity contribution in [3.8, 4) is 0 Å². The molecule has 10 heteroatoms. The molecule has 2 aromatic rings. The quantitative estimate of drug-likeness (QED) is 0.760. The molecule has 0 fully saturated rings. The lowest BCUT2D eigenvalue weighted by Gasteiger charge is -2.06. The van der Waals surface area contributed by atoms with E-state index in [2.05, 4.69) is 4.72 Å². The molecule has 0 radical (unpaired) electrons. The van der Waals surface area contributed by atoms with Gasteiger partial charge >= 0.3 is 0 Å². The number of thiophene rings is 1. The highest BCUT2D eigenvalue weighted by atomic mass is 32.2. The molecule has 0 atom stereocenters. The molecule has 2 rings (SSSR count). The number of primary sulfonamides is 1. The van der Waals surface area contributed by atoms with Gasteiger partial charge in [-0.1, -0.05) is 0 Å². The zero-order valence-electron chi connectivity index (χ0n) is 9.98. The zero-order chi connectivity index (χ0) is 15.0. The van der Waals surface area contributed by atoms with Gasteiger partial charge in [0.1, 0.15) is 4.21 Å². The van der Waals surface area contributed by atoms with Crippen molar-refractivity contribution in [3.63, 3.8) is 0 Å². The van der Waals surface area contributed by atoms with Crippen LogP contribution in [-0.4, -0.2) is 16.8 Å². The van der Waals surface area contributed by atoms with Gasteiger partial charge in [0.05, 0.1) is 4.90 Å². The summed E-state index contributed by atoms with van der Waals surface area (Å²) < 4.78 is 48.5. The predicted molar refractivity (Wildman–Crippen MR) is 77.4 cm³/mol. The highest BCUT2D eigenvalue weighted by Gasteiger charge is 2.17. The molecule has 5 N–H and O–H groups in total.